The summed E-state index contributed by atoms with van der Waals surface area (Å²) in [6.45, 7) is 2.30. The van der Waals surface area contributed by atoms with E-state index in [1.165, 1.54) is 17.9 Å². The average Bonchev–Trinajstić information content (AvgIpc) is 3.02. The molecule has 0 amide bonds. The molecule has 1 aromatic carbocycles. The molecule has 3 rings (SSSR count). The first-order chi connectivity index (χ1) is 8.83. The quantitative estimate of drug-likeness (QED) is 0.918. The Balaban J connectivity index is 1.79. The van der Waals surface area contributed by atoms with Crippen LogP contribution in [0.1, 0.15) is 13.3 Å². The molecule has 0 radical (unpaired) electrons. The van der Waals surface area contributed by atoms with Crippen LogP contribution in [0.15, 0.2) is 42.7 Å². The van der Waals surface area contributed by atoms with E-state index in [0.29, 0.717) is 11.3 Å². The van der Waals surface area contributed by atoms with Gasteiger partial charge < -0.3 is 5.32 Å². The standard InChI is InChI=1S/C14H17N3S/c1-11-14(6-9-18-11)16-12-4-2-5-13(10-12)17-8-3-7-15-17/h2-5,7-8,10-11,14,16H,6,9H2,1H3. The summed E-state index contributed by atoms with van der Waals surface area (Å²) >= 11 is 2.05. The van der Waals surface area contributed by atoms with E-state index < -0.39 is 0 Å². The van der Waals surface area contributed by atoms with Crippen LogP contribution in [0, 0.1) is 0 Å². The molecule has 1 saturated heterocycles. The Bertz CT molecular complexity index is 510. The van der Waals surface area contributed by atoms with Crippen LogP contribution in [0.4, 0.5) is 5.69 Å². The lowest BCUT2D eigenvalue weighted by atomic mass is 10.1. The Hall–Kier alpha value is -1.42. The van der Waals surface area contributed by atoms with Gasteiger partial charge in [-0.25, -0.2) is 4.68 Å². The zero-order valence-electron chi connectivity index (χ0n) is 10.4. The maximum atomic E-state index is 4.26. The number of nitrogens with one attached hydrogen (secondary N) is 1. The van der Waals surface area contributed by atoms with Crippen molar-refractivity contribution in [3.63, 3.8) is 0 Å². The molecule has 2 heterocycles. The Morgan fingerprint density at radius 3 is 3.06 bits per heavy atom. The molecular formula is C14H17N3S. The van der Waals surface area contributed by atoms with Crippen LogP contribution in [0.25, 0.3) is 5.69 Å². The highest BCUT2D eigenvalue weighted by Gasteiger charge is 2.23. The fraction of sp³-hybridized carbons (Fsp3) is 0.357. The highest BCUT2D eigenvalue weighted by molar-refractivity contribution is 8.00. The lowest BCUT2D eigenvalue weighted by Gasteiger charge is -2.18. The van der Waals surface area contributed by atoms with Crippen molar-refractivity contribution >= 4 is 17.4 Å². The number of hydrogen-bond donors (Lipinski definition) is 1. The predicted molar refractivity (Wildman–Crippen MR) is 77.5 cm³/mol. The Morgan fingerprint density at radius 1 is 1.39 bits per heavy atom. The van der Waals surface area contributed by atoms with Crippen molar-refractivity contribution in [3.8, 4) is 5.69 Å². The minimum atomic E-state index is 0.586. The third-order valence-electron chi connectivity index (χ3n) is 3.34. The molecule has 94 valence electrons. The van der Waals surface area contributed by atoms with Gasteiger partial charge in [-0.05, 0) is 36.4 Å². The lowest BCUT2D eigenvalue weighted by molar-refractivity contribution is 0.724. The topological polar surface area (TPSA) is 29.9 Å². The van der Waals surface area contributed by atoms with Crippen LogP contribution in [-0.2, 0) is 0 Å². The first-order valence-corrected chi connectivity index (χ1v) is 7.36. The maximum absolute atomic E-state index is 4.26. The van der Waals surface area contributed by atoms with Crippen molar-refractivity contribution in [3.05, 3.63) is 42.7 Å². The van der Waals surface area contributed by atoms with E-state index in [2.05, 4.69) is 41.6 Å². The Morgan fingerprint density at radius 2 is 2.33 bits per heavy atom. The molecule has 0 bridgehead atoms. The number of benzene rings is 1. The number of nitrogens with zero attached hydrogens (tertiary/aromatic N) is 2. The van der Waals surface area contributed by atoms with Gasteiger partial charge in [0.25, 0.3) is 0 Å². The van der Waals surface area contributed by atoms with Crippen LogP contribution in [-0.4, -0.2) is 26.8 Å². The van der Waals surface area contributed by atoms with Crippen molar-refractivity contribution < 1.29 is 0 Å². The fourth-order valence-corrected chi connectivity index (χ4v) is 3.49. The van der Waals surface area contributed by atoms with Gasteiger partial charge in [-0.15, -0.1) is 0 Å². The normalized spacial score (nSPS) is 23.2. The van der Waals surface area contributed by atoms with Gasteiger partial charge >= 0.3 is 0 Å². The Kier molecular flexibility index (Phi) is 3.28. The average molecular weight is 259 g/mol. The second kappa shape index (κ2) is 5.06. The summed E-state index contributed by atoms with van der Waals surface area (Å²) in [6, 6.07) is 11.0. The molecule has 0 saturated carbocycles. The van der Waals surface area contributed by atoms with Gasteiger partial charge in [0.15, 0.2) is 0 Å². The third kappa shape index (κ3) is 2.38. The molecule has 0 aliphatic carbocycles. The zero-order valence-corrected chi connectivity index (χ0v) is 11.2. The molecule has 4 heteroatoms. The molecule has 2 atom stereocenters. The fourth-order valence-electron chi connectivity index (χ4n) is 2.30. The summed E-state index contributed by atoms with van der Waals surface area (Å²) in [5.74, 6) is 1.26. The predicted octanol–water partition coefficient (Wildman–Crippen LogP) is 3.18. The van der Waals surface area contributed by atoms with Gasteiger partial charge in [0, 0.05) is 29.4 Å². The van der Waals surface area contributed by atoms with Gasteiger partial charge in [0.05, 0.1) is 5.69 Å². The molecule has 1 fully saturated rings. The van der Waals surface area contributed by atoms with Crippen LogP contribution in [0.3, 0.4) is 0 Å². The first kappa shape index (κ1) is 11.7. The summed E-state index contributed by atoms with van der Waals surface area (Å²) in [5.41, 5.74) is 2.28. The number of hydrogen-bond acceptors (Lipinski definition) is 3. The van der Waals surface area contributed by atoms with E-state index in [4.69, 9.17) is 0 Å². The van der Waals surface area contributed by atoms with Gasteiger partial charge in [0.2, 0.25) is 0 Å². The second-order valence-electron chi connectivity index (χ2n) is 4.62. The monoisotopic (exact) mass is 259 g/mol. The molecule has 1 aromatic heterocycles. The van der Waals surface area contributed by atoms with Crippen molar-refractivity contribution in [2.45, 2.75) is 24.6 Å². The largest absolute Gasteiger partial charge is 0.381 e. The van der Waals surface area contributed by atoms with E-state index in [9.17, 15) is 0 Å². The second-order valence-corrected chi connectivity index (χ2v) is 6.10. The van der Waals surface area contributed by atoms with Crippen molar-refractivity contribution in [1.29, 1.82) is 0 Å². The van der Waals surface area contributed by atoms with E-state index in [1.54, 1.807) is 6.20 Å². The van der Waals surface area contributed by atoms with E-state index in [1.807, 2.05) is 28.7 Å². The molecule has 3 nitrogen and oxygen atoms in total. The summed E-state index contributed by atoms with van der Waals surface area (Å²) < 4.78 is 1.89. The molecule has 1 aliphatic rings. The van der Waals surface area contributed by atoms with E-state index in [-0.39, 0.29) is 0 Å². The highest BCUT2D eigenvalue weighted by atomic mass is 32.2. The van der Waals surface area contributed by atoms with Crippen molar-refractivity contribution in [2.24, 2.45) is 0 Å². The van der Waals surface area contributed by atoms with Gasteiger partial charge in [0.1, 0.15) is 0 Å². The number of thioether (sulfide) groups is 1. The minimum Gasteiger partial charge on any atom is -0.381 e. The van der Waals surface area contributed by atoms with E-state index in [0.717, 1.165) is 5.69 Å². The van der Waals surface area contributed by atoms with Crippen molar-refractivity contribution in [2.75, 3.05) is 11.1 Å². The van der Waals surface area contributed by atoms with Gasteiger partial charge in [-0.3, -0.25) is 0 Å². The molecule has 1 N–H and O–H groups in total. The van der Waals surface area contributed by atoms with Crippen LogP contribution in [0.2, 0.25) is 0 Å². The molecule has 0 spiro atoms. The minimum absolute atomic E-state index is 0.586. The smallest absolute Gasteiger partial charge is 0.0666 e. The van der Waals surface area contributed by atoms with Gasteiger partial charge in [-0.2, -0.15) is 16.9 Å². The molecule has 2 aromatic rings. The SMILES string of the molecule is CC1SCCC1Nc1cccc(-n2cccn2)c1. The molecule has 18 heavy (non-hydrogen) atoms. The highest BCUT2D eigenvalue weighted by Crippen LogP contribution is 2.29. The Labute approximate surface area is 112 Å². The summed E-state index contributed by atoms with van der Waals surface area (Å²) in [5, 5.41) is 8.58. The molecule has 1 aliphatic heterocycles. The lowest BCUT2D eigenvalue weighted by Crippen LogP contribution is -2.24. The van der Waals surface area contributed by atoms with Gasteiger partial charge in [-0.1, -0.05) is 13.0 Å². The number of anilines is 1. The first-order valence-electron chi connectivity index (χ1n) is 6.31. The summed E-state index contributed by atoms with van der Waals surface area (Å²) in [6.07, 6.45) is 5.01. The summed E-state index contributed by atoms with van der Waals surface area (Å²) in [4.78, 5) is 0. The van der Waals surface area contributed by atoms with E-state index >= 15 is 0 Å². The molecule has 2 unspecified atom stereocenters. The van der Waals surface area contributed by atoms with Crippen LogP contribution in [0.5, 0.6) is 0 Å². The number of aromatic nitrogens is 2. The third-order valence-corrected chi connectivity index (χ3v) is 4.67. The van der Waals surface area contributed by atoms with Crippen LogP contribution < -0.4 is 5.32 Å². The van der Waals surface area contributed by atoms with Crippen LogP contribution >= 0.6 is 11.8 Å². The van der Waals surface area contributed by atoms with Crippen molar-refractivity contribution in [1.82, 2.24) is 9.78 Å². The zero-order chi connectivity index (χ0) is 12.4. The summed E-state index contributed by atoms with van der Waals surface area (Å²) in [7, 11) is 0. The number of rotatable bonds is 3. The molecular weight excluding hydrogens is 242 g/mol. The maximum Gasteiger partial charge on any atom is 0.0666 e.